The average molecular weight is 374 g/mol. The normalized spacial score (nSPS) is 28.9. The third kappa shape index (κ3) is 3.08. The van der Waals surface area contributed by atoms with Crippen molar-refractivity contribution in [3.05, 3.63) is 12.7 Å². The summed E-state index contributed by atoms with van der Waals surface area (Å²) in [5.74, 6) is 0.124. The third-order valence-corrected chi connectivity index (χ3v) is 4.75. The lowest BCUT2D eigenvalue weighted by Crippen LogP contribution is -2.34. The summed E-state index contributed by atoms with van der Waals surface area (Å²) in [6.07, 6.45) is -2.71. The number of primary amides is 1. The van der Waals surface area contributed by atoms with Gasteiger partial charge in [-0.3, -0.25) is 13.9 Å². The van der Waals surface area contributed by atoms with Crippen LogP contribution in [0.15, 0.2) is 12.7 Å². The maximum atomic E-state index is 11.4. The molecule has 0 radical (unpaired) electrons. The second kappa shape index (κ2) is 6.29. The van der Waals surface area contributed by atoms with E-state index < -0.39 is 44.4 Å². The third-order valence-electron chi connectivity index (χ3n) is 3.69. The Bertz CT molecular complexity index is 859. The van der Waals surface area contributed by atoms with Crippen molar-refractivity contribution in [1.29, 1.82) is 0 Å². The van der Waals surface area contributed by atoms with Gasteiger partial charge in [0.05, 0.1) is 12.9 Å². The van der Waals surface area contributed by atoms with Crippen molar-refractivity contribution in [2.24, 2.45) is 5.73 Å². The maximum Gasteiger partial charge on any atom is 0.415 e. The monoisotopic (exact) mass is 374 g/mol. The number of aliphatic hydroxyl groups excluding tert-OH is 2. The molecule has 0 aliphatic carbocycles. The van der Waals surface area contributed by atoms with Gasteiger partial charge in [-0.15, -0.1) is 0 Å². The quantitative estimate of drug-likeness (QED) is 0.373. The Morgan fingerprint density at radius 1 is 1.36 bits per heavy atom. The molecule has 0 saturated carbocycles. The van der Waals surface area contributed by atoms with Crippen molar-refractivity contribution < 1.29 is 33.7 Å². The zero-order valence-corrected chi connectivity index (χ0v) is 13.4. The summed E-state index contributed by atoms with van der Waals surface area (Å²) >= 11 is 0. The van der Waals surface area contributed by atoms with Gasteiger partial charge in [0.15, 0.2) is 17.7 Å². The largest absolute Gasteiger partial charge is 0.415 e. The molecule has 14 heteroatoms. The number of anilines is 1. The molecule has 0 aromatic carbocycles. The standard InChI is InChI=1S/C11H15N6O7P/c12-8-5-9(15-2-14-8)17(3-16-5)10-7(19)6(18)4(24-10)1-23-25(21,22)11(13)20/h2-4,6-7,10,18-19H,1H2,(H2,13,20)(H,21,22)(H2,12,14,15)/t4-,6-,7-,10?/m1/s1. The first-order valence-electron chi connectivity index (χ1n) is 6.94. The fourth-order valence-electron chi connectivity index (χ4n) is 2.39. The van der Waals surface area contributed by atoms with E-state index in [2.05, 4.69) is 19.5 Å². The molecule has 1 aliphatic rings. The summed E-state index contributed by atoms with van der Waals surface area (Å²) in [6, 6.07) is 0. The molecule has 2 aromatic heterocycles. The van der Waals surface area contributed by atoms with Crippen LogP contribution < -0.4 is 11.5 Å². The van der Waals surface area contributed by atoms with Gasteiger partial charge in [0.25, 0.3) is 0 Å². The number of nitrogens with zero attached hydrogens (tertiary/aromatic N) is 4. The van der Waals surface area contributed by atoms with E-state index in [4.69, 9.17) is 16.2 Å². The molecule has 0 spiro atoms. The van der Waals surface area contributed by atoms with Gasteiger partial charge < -0.3 is 31.3 Å². The molecule has 13 nitrogen and oxygen atoms in total. The summed E-state index contributed by atoms with van der Waals surface area (Å²) in [6.45, 7) is -0.644. The van der Waals surface area contributed by atoms with Crippen molar-refractivity contribution in [2.75, 3.05) is 12.3 Å². The van der Waals surface area contributed by atoms with Crippen molar-refractivity contribution in [3.63, 3.8) is 0 Å². The van der Waals surface area contributed by atoms with Crippen LogP contribution in [0.25, 0.3) is 11.2 Å². The second-order valence-corrected chi connectivity index (χ2v) is 7.02. The highest BCUT2D eigenvalue weighted by Gasteiger charge is 2.45. The number of fused-ring (bicyclic) bond motifs is 1. The summed E-state index contributed by atoms with van der Waals surface area (Å²) in [5.41, 5.74) is 9.41. The van der Waals surface area contributed by atoms with Crippen LogP contribution in [0, 0.1) is 0 Å². The summed E-state index contributed by atoms with van der Waals surface area (Å²) in [5, 5.41) is 20.2. The van der Waals surface area contributed by atoms with Gasteiger partial charge >= 0.3 is 13.2 Å². The number of carbonyl (C=O) groups is 1. The van der Waals surface area contributed by atoms with Crippen LogP contribution in [-0.2, 0) is 13.8 Å². The van der Waals surface area contributed by atoms with Crippen LogP contribution in [0.5, 0.6) is 0 Å². The Kier molecular flexibility index (Phi) is 4.45. The van der Waals surface area contributed by atoms with Crippen molar-refractivity contribution in [1.82, 2.24) is 19.5 Å². The highest BCUT2D eigenvalue weighted by Crippen LogP contribution is 2.43. The number of ether oxygens (including phenoxy) is 1. The lowest BCUT2D eigenvalue weighted by atomic mass is 10.1. The van der Waals surface area contributed by atoms with E-state index >= 15 is 0 Å². The minimum atomic E-state index is -4.68. The van der Waals surface area contributed by atoms with Crippen LogP contribution in [0.1, 0.15) is 6.23 Å². The molecular weight excluding hydrogens is 359 g/mol. The molecule has 1 saturated heterocycles. The van der Waals surface area contributed by atoms with Gasteiger partial charge in [0.1, 0.15) is 30.2 Å². The first-order chi connectivity index (χ1) is 11.7. The Morgan fingerprint density at radius 2 is 2.08 bits per heavy atom. The number of carbonyl (C=O) groups excluding carboxylic acids is 1. The minimum Gasteiger partial charge on any atom is -0.387 e. The lowest BCUT2D eigenvalue weighted by molar-refractivity contribution is -0.0481. The fourth-order valence-corrected chi connectivity index (χ4v) is 2.87. The zero-order valence-electron chi connectivity index (χ0n) is 12.5. The van der Waals surface area contributed by atoms with Crippen molar-refractivity contribution in [3.8, 4) is 0 Å². The zero-order chi connectivity index (χ0) is 18.4. The van der Waals surface area contributed by atoms with Crippen molar-refractivity contribution >= 4 is 30.2 Å². The number of aromatic nitrogens is 4. The number of nitrogens with two attached hydrogens (primary N) is 2. The Hall–Kier alpha value is -2.15. The van der Waals surface area contributed by atoms with Crippen LogP contribution in [0.2, 0.25) is 0 Å². The number of rotatable bonds is 5. The smallest absolute Gasteiger partial charge is 0.387 e. The van der Waals surface area contributed by atoms with E-state index in [1.54, 1.807) is 0 Å². The van der Waals surface area contributed by atoms with E-state index in [1.807, 2.05) is 0 Å². The Balaban J connectivity index is 1.81. The highest BCUT2D eigenvalue weighted by molar-refractivity contribution is 7.70. The molecule has 25 heavy (non-hydrogen) atoms. The molecule has 7 N–H and O–H groups in total. The van der Waals surface area contributed by atoms with Gasteiger partial charge in [0.2, 0.25) is 0 Å². The van der Waals surface area contributed by atoms with E-state index in [1.165, 1.54) is 17.2 Å². The van der Waals surface area contributed by atoms with E-state index in [-0.39, 0.29) is 17.0 Å². The number of nitrogen functional groups attached to an aromatic ring is 1. The molecule has 136 valence electrons. The second-order valence-electron chi connectivity index (χ2n) is 5.28. The lowest BCUT2D eigenvalue weighted by Gasteiger charge is -2.16. The predicted octanol–water partition coefficient (Wildman–Crippen LogP) is -1.69. The number of aliphatic hydroxyl groups is 2. The van der Waals surface area contributed by atoms with Gasteiger partial charge in [-0.25, -0.2) is 19.5 Å². The molecule has 2 unspecified atom stereocenters. The molecule has 1 amide bonds. The van der Waals surface area contributed by atoms with Gasteiger partial charge in [-0.1, -0.05) is 0 Å². The maximum absolute atomic E-state index is 11.4. The van der Waals surface area contributed by atoms with Gasteiger partial charge in [0, 0.05) is 0 Å². The topological polar surface area (TPSA) is 209 Å². The molecule has 0 bridgehead atoms. The molecular formula is C11H15N6O7P. The SMILES string of the molecule is NC(=O)P(=O)(O)OC[C@H]1OC(n2cnc3c(N)ncnc32)[C@H](O)[C@@H]1O. The molecule has 2 aromatic rings. The summed E-state index contributed by atoms with van der Waals surface area (Å²) in [4.78, 5) is 31.8. The number of hydrogen-bond donors (Lipinski definition) is 5. The highest BCUT2D eigenvalue weighted by atomic mass is 31.2. The predicted molar refractivity (Wildman–Crippen MR) is 81.0 cm³/mol. The molecule has 1 fully saturated rings. The number of imidazole rings is 1. The van der Waals surface area contributed by atoms with E-state index in [0.29, 0.717) is 0 Å². The minimum absolute atomic E-state index is 0.124. The fraction of sp³-hybridized carbons (Fsp3) is 0.455. The van der Waals surface area contributed by atoms with Crippen LogP contribution in [0.4, 0.5) is 10.6 Å². The molecule has 3 heterocycles. The Morgan fingerprint density at radius 3 is 2.76 bits per heavy atom. The van der Waals surface area contributed by atoms with Crippen LogP contribution in [0.3, 0.4) is 0 Å². The number of amides is 1. The average Bonchev–Trinajstić information content (AvgIpc) is 3.09. The van der Waals surface area contributed by atoms with Crippen LogP contribution >= 0.6 is 7.60 Å². The first-order valence-corrected chi connectivity index (χ1v) is 8.52. The van der Waals surface area contributed by atoms with Crippen LogP contribution in [-0.4, -0.2) is 65.2 Å². The Labute approximate surface area is 139 Å². The summed E-state index contributed by atoms with van der Waals surface area (Å²) in [7, 11) is -4.68. The van der Waals surface area contributed by atoms with Crippen molar-refractivity contribution in [2.45, 2.75) is 24.5 Å². The molecule has 3 rings (SSSR count). The van der Waals surface area contributed by atoms with Gasteiger partial charge in [-0.2, -0.15) is 0 Å². The molecule has 5 atom stereocenters. The number of hydrogen-bond acceptors (Lipinski definition) is 10. The van der Waals surface area contributed by atoms with E-state index in [0.717, 1.165) is 0 Å². The first kappa shape index (κ1) is 17.7. The molecule has 1 aliphatic heterocycles. The van der Waals surface area contributed by atoms with Gasteiger partial charge in [-0.05, 0) is 0 Å². The van der Waals surface area contributed by atoms with E-state index in [9.17, 15) is 24.5 Å². The summed E-state index contributed by atoms with van der Waals surface area (Å²) < 4.78 is 22.7.